The molecule has 0 saturated heterocycles. The van der Waals surface area contributed by atoms with Crippen LogP contribution in [0.4, 0.5) is 5.82 Å². The summed E-state index contributed by atoms with van der Waals surface area (Å²) in [4.78, 5) is 17.1. The van der Waals surface area contributed by atoms with E-state index in [2.05, 4.69) is 32.9 Å². The number of halogens is 1. The molecule has 0 radical (unpaired) electrons. The Morgan fingerprint density at radius 1 is 1.04 bits per heavy atom. The predicted octanol–water partition coefficient (Wildman–Crippen LogP) is 4.44. The van der Waals surface area contributed by atoms with Crippen LogP contribution >= 0.6 is 22.6 Å². The number of rotatable bonds is 8. The Hall–Kier alpha value is -2.03. The van der Waals surface area contributed by atoms with E-state index in [4.69, 9.17) is 14.2 Å². The molecule has 7 heteroatoms. The zero-order valence-electron chi connectivity index (χ0n) is 15.4. The highest BCUT2D eigenvalue weighted by atomic mass is 127. The largest absolute Gasteiger partial charge is 0.490 e. The van der Waals surface area contributed by atoms with E-state index in [1.54, 1.807) is 18.2 Å². The molecule has 1 aromatic carbocycles. The molecule has 1 amide bonds. The van der Waals surface area contributed by atoms with Gasteiger partial charge in [-0.1, -0.05) is 0 Å². The third-order valence-corrected chi connectivity index (χ3v) is 4.57. The standard InChI is InChI=1S/C19H23IN2O4/c1-5-24-15-10-13(11-16(25-6-2)18(15)26-7-3)19(23)22-17-9-8-14(20)12(4)21-17/h8-11H,5-7H2,1-4H3,(H,21,22,23). The Kier molecular flexibility index (Phi) is 7.50. The van der Waals surface area contributed by atoms with Crippen LogP contribution in [0.5, 0.6) is 17.2 Å². The lowest BCUT2D eigenvalue weighted by atomic mass is 10.1. The number of aryl methyl sites for hydroxylation is 1. The predicted molar refractivity (Wildman–Crippen MR) is 110 cm³/mol. The fourth-order valence-electron chi connectivity index (χ4n) is 2.32. The molecule has 1 aromatic heterocycles. The van der Waals surface area contributed by atoms with Crippen LogP contribution in [0.25, 0.3) is 0 Å². The number of carbonyl (C=O) groups is 1. The molecule has 6 nitrogen and oxygen atoms in total. The number of hydrogen-bond acceptors (Lipinski definition) is 5. The van der Waals surface area contributed by atoms with Crippen LogP contribution in [0, 0.1) is 10.5 Å². The molecule has 2 rings (SSSR count). The second kappa shape index (κ2) is 9.61. The van der Waals surface area contributed by atoms with Gasteiger partial charge in [0.15, 0.2) is 11.5 Å². The van der Waals surface area contributed by atoms with E-state index in [9.17, 15) is 4.79 Å². The average Bonchev–Trinajstić information content (AvgIpc) is 2.61. The van der Waals surface area contributed by atoms with Crippen molar-refractivity contribution in [2.24, 2.45) is 0 Å². The lowest BCUT2D eigenvalue weighted by molar-refractivity contribution is 0.102. The van der Waals surface area contributed by atoms with Gasteiger partial charge in [-0.15, -0.1) is 0 Å². The second-order valence-electron chi connectivity index (χ2n) is 5.32. The van der Waals surface area contributed by atoms with Gasteiger partial charge in [0.2, 0.25) is 5.75 Å². The van der Waals surface area contributed by atoms with Crippen LogP contribution in [-0.2, 0) is 0 Å². The molecule has 0 saturated carbocycles. The molecule has 0 atom stereocenters. The number of pyridine rings is 1. The fourth-order valence-corrected chi connectivity index (χ4v) is 2.62. The van der Waals surface area contributed by atoms with Crippen molar-refractivity contribution in [2.75, 3.05) is 25.1 Å². The summed E-state index contributed by atoms with van der Waals surface area (Å²) in [6, 6.07) is 7.00. The van der Waals surface area contributed by atoms with Gasteiger partial charge in [-0.25, -0.2) is 4.98 Å². The summed E-state index contributed by atoms with van der Waals surface area (Å²) in [5, 5.41) is 2.81. The molecule has 0 spiro atoms. The number of carbonyl (C=O) groups excluding carboxylic acids is 1. The molecular formula is C19H23IN2O4. The topological polar surface area (TPSA) is 69.7 Å². The molecular weight excluding hydrogens is 447 g/mol. The number of hydrogen-bond donors (Lipinski definition) is 1. The van der Waals surface area contributed by atoms with Crippen molar-refractivity contribution in [1.82, 2.24) is 4.98 Å². The second-order valence-corrected chi connectivity index (χ2v) is 6.48. The minimum Gasteiger partial charge on any atom is -0.490 e. The number of amides is 1. The van der Waals surface area contributed by atoms with E-state index in [1.165, 1.54) is 0 Å². The number of nitrogens with one attached hydrogen (secondary N) is 1. The normalized spacial score (nSPS) is 10.3. The SMILES string of the molecule is CCOc1cc(C(=O)Nc2ccc(I)c(C)n2)cc(OCC)c1OCC. The van der Waals surface area contributed by atoms with Gasteiger partial charge in [-0.2, -0.15) is 0 Å². The Balaban J connectivity index is 2.36. The van der Waals surface area contributed by atoms with E-state index in [1.807, 2.05) is 33.8 Å². The zero-order valence-corrected chi connectivity index (χ0v) is 17.5. The van der Waals surface area contributed by atoms with Gasteiger partial charge >= 0.3 is 0 Å². The third-order valence-electron chi connectivity index (χ3n) is 3.43. The molecule has 0 aliphatic heterocycles. The third kappa shape index (κ3) is 5.00. The molecule has 26 heavy (non-hydrogen) atoms. The van der Waals surface area contributed by atoms with Gasteiger partial charge in [-0.05, 0) is 74.6 Å². The van der Waals surface area contributed by atoms with Gasteiger partial charge in [0.05, 0.1) is 25.5 Å². The first-order valence-corrected chi connectivity index (χ1v) is 9.58. The summed E-state index contributed by atoms with van der Waals surface area (Å²) in [6.45, 7) is 8.91. The molecule has 0 aliphatic rings. The van der Waals surface area contributed by atoms with Crippen molar-refractivity contribution in [1.29, 1.82) is 0 Å². The maximum Gasteiger partial charge on any atom is 0.257 e. The van der Waals surface area contributed by atoms with Crippen molar-refractivity contribution in [3.05, 3.63) is 39.1 Å². The molecule has 0 fully saturated rings. The molecule has 1 heterocycles. The number of benzene rings is 1. The first-order valence-electron chi connectivity index (χ1n) is 8.51. The highest BCUT2D eigenvalue weighted by molar-refractivity contribution is 14.1. The zero-order chi connectivity index (χ0) is 19.1. The minimum atomic E-state index is -0.289. The number of nitrogens with zero attached hydrogens (tertiary/aromatic N) is 1. The van der Waals surface area contributed by atoms with Crippen LogP contribution in [0.2, 0.25) is 0 Å². The maximum absolute atomic E-state index is 12.7. The average molecular weight is 470 g/mol. The Morgan fingerprint density at radius 3 is 2.12 bits per heavy atom. The lowest BCUT2D eigenvalue weighted by Crippen LogP contribution is -2.14. The molecule has 140 valence electrons. The van der Waals surface area contributed by atoms with Crippen LogP contribution in [-0.4, -0.2) is 30.7 Å². The van der Waals surface area contributed by atoms with Crippen molar-refractivity contribution >= 4 is 34.3 Å². The summed E-state index contributed by atoms with van der Waals surface area (Å²) in [6.07, 6.45) is 0. The highest BCUT2D eigenvalue weighted by Gasteiger charge is 2.18. The first-order chi connectivity index (χ1) is 12.5. The minimum absolute atomic E-state index is 0.289. The Morgan fingerprint density at radius 2 is 1.62 bits per heavy atom. The van der Waals surface area contributed by atoms with Gasteiger partial charge in [0, 0.05) is 9.13 Å². The van der Waals surface area contributed by atoms with E-state index in [-0.39, 0.29) is 5.91 Å². The molecule has 0 aliphatic carbocycles. The lowest BCUT2D eigenvalue weighted by Gasteiger charge is -2.17. The smallest absolute Gasteiger partial charge is 0.257 e. The van der Waals surface area contributed by atoms with Crippen LogP contribution in [0.1, 0.15) is 36.8 Å². The van der Waals surface area contributed by atoms with Crippen LogP contribution in [0.3, 0.4) is 0 Å². The first kappa shape index (κ1) is 20.3. The molecule has 0 unspecified atom stereocenters. The number of anilines is 1. The number of aromatic nitrogens is 1. The Labute approximate surface area is 167 Å². The van der Waals surface area contributed by atoms with Gasteiger partial charge in [0.25, 0.3) is 5.91 Å². The van der Waals surface area contributed by atoms with Crippen molar-refractivity contribution in [3.63, 3.8) is 0 Å². The Bertz CT molecular complexity index is 753. The van der Waals surface area contributed by atoms with Crippen LogP contribution in [0.15, 0.2) is 24.3 Å². The molecule has 2 aromatic rings. The van der Waals surface area contributed by atoms with Crippen molar-refractivity contribution in [2.45, 2.75) is 27.7 Å². The van der Waals surface area contributed by atoms with E-state index in [0.717, 1.165) is 9.26 Å². The van der Waals surface area contributed by atoms with Crippen molar-refractivity contribution in [3.8, 4) is 17.2 Å². The molecule has 0 bridgehead atoms. The number of ether oxygens (including phenoxy) is 3. The summed E-state index contributed by atoms with van der Waals surface area (Å²) in [5.41, 5.74) is 1.28. The summed E-state index contributed by atoms with van der Waals surface area (Å²) < 4.78 is 18.0. The highest BCUT2D eigenvalue weighted by Crippen LogP contribution is 2.39. The maximum atomic E-state index is 12.7. The quantitative estimate of drug-likeness (QED) is 0.578. The summed E-state index contributed by atoms with van der Waals surface area (Å²) in [5.74, 6) is 1.69. The summed E-state index contributed by atoms with van der Waals surface area (Å²) in [7, 11) is 0. The fraction of sp³-hybridized carbons (Fsp3) is 0.368. The van der Waals surface area contributed by atoms with Crippen molar-refractivity contribution < 1.29 is 19.0 Å². The van der Waals surface area contributed by atoms with Crippen LogP contribution < -0.4 is 19.5 Å². The van der Waals surface area contributed by atoms with E-state index < -0.39 is 0 Å². The van der Waals surface area contributed by atoms with E-state index >= 15 is 0 Å². The van der Waals surface area contributed by atoms with Gasteiger partial charge in [0.1, 0.15) is 5.82 Å². The van der Waals surface area contributed by atoms with Gasteiger partial charge < -0.3 is 19.5 Å². The summed E-state index contributed by atoms with van der Waals surface area (Å²) >= 11 is 2.20. The monoisotopic (exact) mass is 470 g/mol. The van der Waals surface area contributed by atoms with Gasteiger partial charge in [-0.3, -0.25) is 4.79 Å². The molecule has 1 N–H and O–H groups in total. The van der Waals surface area contributed by atoms with E-state index in [0.29, 0.717) is 48.5 Å².